The van der Waals surface area contributed by atoms with Gasteiger partial charge in [0.2, 0.25) is 0 Å². The van der Waals surface area contributed by atoms with Gasteiger partial charge in [-0.15, -0.1) is 0 Å². The van der Waals surface area contributed by atoms with Crippen LogP contribution in [0.2, 0.25) is 0 Å². The molecule has 0 bridgehead atoms. The van der Waals surface area contributed by atoms with Crippen molar-refractivity contribution in [2.24, 2.45) is 5.92 Å². The van der Waals surface area contributed by atoms with Gasteiger partial charge in [-0.05, 0) is 37.8 Å². The molecule has 9 nitrogen and oxygen atoms in total. The number of anilines is 1. The second-order valence-corrected chi connectivity index (χ2v) is 8.95. The molecule has 0 amide bonds. The molecule has 3 aliphatic rings. The first-order chi connectivity index (χ1) is 15.1. The molecule has 9 heteroatoms. The van der Waals surface area contributed by atoms with E-state index in [9.17, 15) is 5.11 Å². The maximum Gasteiger partial charge on any atom is 0.136 e. The predicted octanol–water partition coefficient (Wildman–Crippen LogP) is 2.06. The minimum atomic E-state index is -0.906. The van der Waals surface area contributed by atoms with E-state index in [2.05, 4.69) is 28.1 Å². The van der Waals surface area contributed by atoms with Crippen molar-refractivity contribution in [2.75, 3.05) is 37.9 Å². The molecule has 0 aliphatic carbocycles. The van der Waals surface area contributed by atoms with Crippen molar-refractivity contribution in [1.29, 1.82) is 0 Å². The van der Waals surface area contributed by atoms with Crippen LogP contribution < -0.4 is 4.90 Å². The van der Waals surface area contributed by atoms with E-state index >= 15 is 0 Å². The number of aliphatic hydroxyl groups is 1. The van der Waals surface area contributed by atoms with Gasteiger partial charge in [0.1, 0.15) is 17.0 Å². The molecule has 0 spiro atoms. The Hall–Kier alpha value is -2.49. The molecule has 3 aromatic heterocycles. The topological polar surface area (TPSA) is 101 Å². The fourth-order valence-corrected chi connectivity index (χ4v) is 5.46. The quantitative estimate of drug-likeness (QED) is 0.664. The summed E-state index contributed by atoms with van der Waals surface area (Å²) in [7, 11) is 0. The molecule has 2 N–H and O–H groups in total. The largest absolute Gasteiger partial charge is 0.385 e. The van der Waals surface area contributed by atoms with Gasteiger partial charge in [-0.3, -0.25) is 9.78 Å². The summed E-state index contributed by atoms with van der Waals surface area (Å²) < 4.78 is 13.2. The zero-order chi connectivity index (χ0) is 21.0. The molecule has 0 aromatic carbocycles. The SMILES string of the molecule is C[C@@H]1COCCN1c1cc2c3c(n1)c(-c1ccn[nH]1)nn3CCC2(O)C1CCOCC1. The molecule has 2 atom stereocenters. The molecule has 164 valence electrons. The number of aromatic nitrogens is 5. The molecule has 3 aliphatic heterocycles. The van der Waals surface area contributed by atoms with Crippen LogP contribution in [0.5, 0.6) is 0 Å². The van der Waals surface area contributed by atoms with Crippen molar-refractivity contribution >= 4 is 16.9 Å². The Balaban J connectivity index is 1.57. The van der Waals surface area contributed by atoms with Crippen LogP contribution in [-0.4, -0.2) is 69.1 Å². The summed E-state index contributed by atoms with van der Waals surface area (Å²) in [4.78, 5) is 7.37. The highest BCUT2D eigenvalue weighted by Crippen LogP contribution is 2.47. The van der Waals surface area contributed by atoms with E-state index in [-0.39, 0.29) is 12.0 Å². The van der Waals surface area contributed by atoms with E-state index in [1.807, 2.05) is 10.7 Å². The van der Waals surface area contributed by atoms with E-state index in [0.717, 1.165) is 53.2 Å². The van der Waals surface area contributed by atoms with Crippen LogP contribution >= 0.6 is 0 Å². The number of ether oxygens (including phenoxy) is 2. The highest BCUT2D eigenvalue weighted by atomic mass is 16.5. The molecule has 2 fully saturated rings. The highest BCUT2D eigenvalue weighted by Gasteiger charge is 2.44. The minimum Gasteiger partial charge on any atom is -0.385 e. The molecule has 6 rings (SSSR count). The van der Waals surface area contributed by atoms with Gasteiger partial charge < -0.3 is 19.5 Å². The molecule has 0 saturated carbocycles. The summed E-state index contributed by atoms with van der Waals surface area (Å²) in [6.45, 7) is 6.35. The van der Waals surface area contributed by atoms with Crippen LogP contribution in [0.4, 0.5) is 5.82 Å². The summed E-state index contributed by atoms with van der Waals surface area (Å²) in [5.74, 6) is 1.05. The zero-order valence-electron chi connectivity index (χ0n) is 17.8. The van der Waals surface area contributed by atoms with Gasteiger partial charge in [0, 0.05) is 44.5 Å². The fourth-order valence-electron chi connectivity index (χ4n) is 5.46. The number of hydrogen-bond acceptors (Lipinski definition) is 7. The standard InChI is InChI=1S/C22H28N6O3/c1-14-13-31-11-8-27(14)18-12-16-21-20(24-18)19(17-2-6-23-25-17)26-28(21)7-5-22(16,29)15-3-9-30-10-4-15/h2,6,12,14-15,29H,3-5,7-11,13H2,1H3,(H,23,25)/t14-,22?/m1/s1. The van der Waals surface area contributed by atoms with Crippen LogP contribution in [0.15, 0.2) is 18.3 Å². The first-order valence-corrected chi connectivity index (χ1v) is 11.2. The maximum atomic E-state index is 12.1. The first-order valence-electron chi connectivity index (χ1n) is 11.2. The molecule has 0 radical (unpaired) electrons. The predicted molar refractivity (Wildman–Crippen MR) is 115 cm³/mol. The van der Waals surface area contributed by atoms with Crippen molar-refractivity contribution in [3.05, 3.63) is 23.9 Å². The Kier molecular flexibility index (Phi) is 4.52. The first kappa shape index (κ1) is 19.2. The molecule has 6 heterocycles. The van der Waals surface area contributed by atoms with E-state index in [0.29, 0.717) is 39.4 Å². The fraction of sp³-hybridized carbons (Fsp3) is 0.591. The number of rotatable bonds is 3. The highest BCUT2D eigenvalue weighted by molar-refractivity contribution is 5.93. The zero-order valence-corrected chi connectivity index (χ0v) is 17.8. The third-order valence-electron chi connectivity index (χ3n) is 7.17. The van der Waals surface area contributed by atoms with Crippen molar-refractivity contribution in [3.8, 4) is 11.4 Å². The molecule has 3 aromatic rings. The molecular formula is C22H28N6O3. The van der Waals surface area contributed by atoms with Gasteiger partial charge in [-0.1, -0.05) is 0 Å². The van der Waals surface area contributed by atoms with E-state index in [1.54, 1.807) is 6.20 Å². The summed E-state index contributed by atoms with van der Waals surface area (Å²) in [6, 6.07) is 4.24. The Bertz CT molecular complexity index is 1090. The van der Waals surface area contributed by atoms with Crippen molar-refractivity contribution in [3.63, 3.8) is 0 Å². The number of pyridine rings is 1. The molecule has 1 unspecified atom stereocenters. The van der Waals surface area contributed by atoms with Crippen LogP contribution in [0.1, 0.15) is 31.7 Å². The smallest absolute Gasteiger partial charge is 0.136 e. The Morgan fingerprint density at radius 1 is 1.19 bits per heavy atom. The number of nitrogens with zero attached hydrogens (tertiary/aromatic N) is 5. The third-order valence-corrected chi connectivity index (χ3v) is 7.17. The van der Waals surface area contributed by atoms with E-state index in [4.69, 9.17) is 19.6 Å². The molecule has 31 heavy (non-hydrogen) atoms. The Labute approximate surface area is 180 Å². The van der Waals surface area contributed by atoms with E-state index < -0.39 is 5.60 Å². The van der Waals surface area contributed by atoms with Crippen molar-refractivity contribution in [2.45, 2.75) is 44.4 Å². The number of aryl methyl sites for hydroxylation is 1. The van der Waals surface area contributed by atoms with Gasteiger partial charge in [-0.2, -0.15) is 10.2 Å². The number of aromatic amines is 1. The second-order valence-electron chi connectivity index (χ2n) is 8.95. The number of hydrogen-bond donors (Lipinski definition) is 2. The van der Waals surface area contributed by atoms with Gasteiger partial charge in [0.25, 0.3) is 0 Å². The summed E-state index contributed by atoms with van der Waals surface area (Å²) in [5.41, 5.74) is 3.42. The average Bonchev–Trinajstić information content (AvgIpc) is 3.46. The molecule has 2 saturated heterocycles. The monoisotopic (exact) mass is 424 g/mol. The van der Waals surface area contributed by atoms with E-state index in [1.165, 1.54) is 0 Å². The van der Waals surface area contributed by atoms with Gasteiger partial charge in [-0.25, -0.2) is 4.98 Å². The van der Waals surface area contributed by atoms with Gasteiger partial charge in [0.15, 0.2) is 0 Å². The van der Waals surface area contributed by atoms with Crippen LogP contribution in [0, 0.1) is 5.92 Å². The maximum absolute atomic E-state index is 12.1. The van der Waals surface area contributed by atoms with Crippen LogP contribution in [0.3, 0.4) is 0 Å². The summed E-state index contributed by atoms with van der Waals surface area (Å²) in [5, 5.41) is 24.1. The Morgan fingerprint density at radius 3 is 2.84 bits per heavy atom. The lowest BCUT2D eigenvalue weighted by Crippen LogP contribution is -2.45. The normalized spacial score (nSPS) is 27.2. The lowest BCUT2D eigenvalue weighted by Gasteiger charge is -2.42. The van der Waals surface area contributed by atoms with Crippen molar-refractivity contribution < 1.29 is 14.6 Å². The van der Waals surface area contributed by atoms with Gasteiger partial charge >= 0.3 is 0 Å². The van der Waals surface area contributed by atoms with Gasteiger partial charge in [0.05, 0.1) is 36.1 Å². The second kappa shape index (κ2) is 7.29. The van der Waals surface area contributed by atoms with Crippen molar-refractivity contribution in [1.82, 2.24) is 25.0 Å². The third kappa shape index (κ3) is 2.98. The average molecular weight is 425 g/mol. The van der Waals surface area contributed by atoms with Crippen LogP contribution in [0.25, 0.3) is 22.4 Å². The summed E-state index contributed by atoms with van der Waals surface area (Å²) >= 11 is 0. The van der Waals surface area contributed by atoms with Crippen LogP contribution in [-0.2, 0) is 21.6 Å². The minimum absolute atomic E-state index is 0.168. The molecular weight excluding hydrogens is 396 g/mol. The lowest BCUT2D eigenvalue weighted by molar-refractivity contribution is -0.0806. The number of nitrogens with one attached hydrogen (secondary N) is 1. The lowest BCUT2D eigenvalue weighted by atomic mass is 9.73. The summed E-state index contributed by atoms with van der Waals surface area (Å²) in [6.07, 6.45) is 4.11. The number of H-pyrrole nitrogens is 1. The number of morpholine rings is 1. The Morgan fingerprint density at radius 2 is 2.06 bits per heavy atom.